The van der Waals surface area contributed by atoms with Crippen LogP contribution in [-0.4, -0.2) is 50.5 Å². The molecule has 1 atom stereocenters. The van der Waals surface area contributed by atoms with Crippen molar-refractivity contribution in [2.45, 2.75) is 51.5 Å². The van der Waals surface area contributed by atoms with E-state index in [1.54, 1.807) is 47.4 Å². The minimum Gasteiger partial charge on any atom is -0.481 e. The lowest BCUT2D eigenvalue weighted by Crippen LogP contribution is -2.45. The quantitative estimate of drug-likeness (QED) is 0.359. The van der Waals surface area contributed by atoms with Crippen LogP contribution < -0.4 is 0 Å². The first-order chi connectivity index (χ1) is 17.4. The molecule has 1 aliphatic heterocycles. The number of amides is 1. The highest BCUT2D eigenvalue weighted by Gasteiger charge is 2.33. The molecule has 1 unspecified atom stereocenters. The molecule has 0 spiro atoms. The van der Waals surface area contributed by atoms with E-state index < -0.39 is 5.97 Å². The van der Waals surface area contributed by atoms with E-state index in [9.17, 15) is 19.5 Å². The number of ketones is 1. The Bertz CT molecular complexity index is 1250. The molecule has 0 aliphatic carbocycles. The molecule has 3 aromatic rings. The number of rotatable bonds is 11. The fourth-order valence-electron chi connectivity index (χ4n) is 4.70. The van der Waals surface area contributed by atoms with Gasteiger partial charge in [0.25, 0.3) is 5.91 Å². The molecule has 188 valence electrons. The summed E-state index contributed by atoms with van der Waals surface area (Å²) < 4.78 is 1.82. The van der Waals surface area contributed by atoms with Crippen molar-refractivity contribution in [2.24, 2.45) is 0 Å². The number of aromatic nitrogens is 2. The first-order valence-corrected chi connectivity index (χ1v) is 12.7. The molecule has 0 bridgehead atoms. The number of Topliss-reactive ketones (excluding diaryl/α,β-unsaturated/α-hetero) is 1. The van der Waals surface area contributed by atoms with Gasteiger partial charge in [-0.15, -0.1) is 0 Å². The zero-order valence-corrected chi connectivity index (χ0v) is 21.1. The fraction of sp³-hybridized carbons (Fsp3) is 0.357. The molecule has 4 rings (SSSR count). The zero-order valence-electron chi connectivity index (χ0n) is 20.3. The van der Waals surface area contributed by atoms with E-state index in [1.807, 2.05) is 16.8 Å². The van der Waals surface area contributed by atoms with Gasteiger partial charge >= 0.3 is 5.97 Å². The summed E-state index contributed by atoms with van der Waals surface area (Å²) in [5.41, 5.74) is 3.35. The van der Waals surface area contributed by atoms with Gasteiger partial charge in [0.2, 0.25) is 0 Å². The topological polar surface area (TPSA) is 92.5 Å². The summed E-state index contributed by atoms with van der Waals surface area (Å²) in [6, 6.07) is 16.2. The molecule has 1 aromatic heterocycles. The predicted molar refractivity (Wildman–Crippen MR) is 138 cm³/mol. The molecule has 0 radical (unpaired) electrons. The average Bonchev–Trinajstić information content (AvgIpc) is 3.29. The van der Waals surface area contributed by atoms with Gasteiger partial charge in [-0.25, -0.2) is 0 Å². The molecule has 8 heteroatoms. The van der Waals surface area contributed by atoms with Crippen molar-refractivity contribution in [1.29, 1.82) is 0 Å². The maximum Gasteiger partial charge on any atom is 0.307 e. The second-order valence-corrected chi connectivity index (χ2v) is 9.69. The highest BCUT2D eigenvalue weighted by molar-refractivity contribution is 6.30. The number of carbonyl (C=O) groups is 3. The first kappa shape index (κ1) is 25.6. The Morgan fingerprint density at radius 2 is 1.75 bits per heavy atom. The van der Waals surface area contributed by atoms with Crippen LogP contribution in [0.1, 0.15) is 60.3 Å². The van der Waals surface area contributed by atoms with Gasteiger partial charge < -0.3 is 10.0 Å². The van der Waals surface area contributed by atoms with E-state index in [1.165, 1.54) is 0 Å². The van der Waals surface area contributed by atoms with Crippen LogP contribution in [0.4, 0.5) is 0 Å². The summed E-state index contributed by atoms with van der Waals surface area (Å²) in [5, 5.41) is 14.6. The number of fused-ring (bicyclic) bond motifs is 1. The smallest absolute Gasteiger partial charge is 0.307 e. The number of unbranched alkanes of at least 4 members (excludes halogenated alkanes) is 2. The van der Waals surface area contributed by atoms with Gasteiger partial charge in [0.05, 0.1) is 24.7 Å². The predicted octanol–water partition coefficient (Wildman–Crippen LogP) is 5.22. The Morgan fingerprint density at radius 1 is 1.06 bits per heavy atom. The first-order valence-electron chi connectivity index (χ1n) is 12.3. The van der Waals surface area contributed by atoms with E-state index in [-0.39, 0.29) is 37.1 Å². The number of nitrogens with zero attached hydrogens (tertiary/aromatic N) is 3. The van der Waals surface area contributed by atoms with Crippen molar-refractivity contribution < 1.29 is 19.5 Å². The second-order valence-electron chi connectivity index (χ2n) is 9.26. The summed E-state index contributed by atoms with van der Waals surface area (Å²) in [7, 11) is 0. The summed E-state index contributed by atoms with van der Waals surface area (Å²) in [6.45, 7) is 2.54. The molecule has 7 nitrogen and oxygen atoms in total. The molecule has 2 aromatic carbocycles. The summed E-state index contributed by atoms with van der Waals surface area (Å²) in [6.07, 6.45) is 3.99. The van der Waals surface area contributed by atoms with Crippen molar-refractivity contribution in [3.63, 3.8) is 0 Å². The minimum atomic E-state index is -0.944. The molecule has 36 heavy (non-hydrogen) atoms. The van der Waals surface area contributed by atoms with Gasteiger partial charge in [-0.3, -0.25) is 19.1 Å². The normalized spacial score (nSPS) is 15.1. The molecule has 1 amide bonds. The summed E-state index contributed by atoms with van der Waals surface area (Å²) in [4.78, 5) is 39.2. The van der Waals surface area contributed by atoms with Gasteiger partial charge in [-0.05, 0) is 35.7 Å². The van der Waals surface area contributed by atoms with Crippen molar-refractivity contribution >= 4 is 29.3 Å². The number of benzene rings is 2. The number of carboxylic acid groups (broad SMARTS) is 1. The third-order valence-electron chi connectivity index (χ3n) is 6.51. The largest absolute Gasteiger partial charge is 0.481 e. The van der Waals surface area contributed by atoms with E-state index in [2.05, 4.69) is 6.92 Å². The van der Waals surface area contributed by atoms with Crippen molar-refractivity contribution in [2.75, 3.05) is 13.1 Å². The molecular weight excluding hydrogens is 478 g/mol. The molecule has 0 saturated carbocycles. The van der Waals surface area contributed by atoms with E-state index in [4.69, 9.17) is 16.7 Å². The SMILES string of the molecule is CCCCCC1CN(CC(=O)Cc2ccccc2CC(=O)O)C(=O)c2cc(-c3ccc(Cl)cc3)nn21. The highest BCUT2D eigenvalue weighted by Crippen LogP contribution is 2.30. The standard InChI is InChI=1S/C28H30ClN3O4/c1-2-3-4-9-23-17-31(18-24(33)14-20-7-5-6-8-21(20)15-27(34)35)28(36)26-16-25(30-32(23)26)19-10-12-22(29)13-11-19/h5-8,10-13,16,23H,2-4,9,14-15,17-18H2,1H3,(H,34,35). The van der Waals surface area contributed by atoms with Crippen LogP contribution in [0.25, 0.3) is 11.3 Å². The van der Waals surface area contributed by atoms with E-state index in [0.717, 1.165) is 31.2 Å². The van der Waals surface area contributed by atoms with Crippen LogP contribution in [-0.2, 0) is 22.4 Å². The van der Waals surface area contributed by atoms with Crippen LogP contribution in [0.15, 0.2) is 54.6 Å². The fourth-order valence-corrected chi connectivity index (χ4v) is 4.82. The third-order valence-corrected chi connectivity index (χ3v) is 6.77. The Hall–Kier alpha value is -3.45. The van der Waals surface area contributed by atoms with Crippen molar-refractivity contribution in [3.8, 4) is 11.3 Å². The van der Waals surface area contributed by atoms with Crippen LogP contribution in [0.5, 0.6) is 0 Å². The second kappa shape index (κ2) is 11.5. The number of hydrogen-bond acceptors (Lipinski definition) is 4. The van der Waals surface area contributed by atoms with Crippen molar-refractivity contribution in [3.05, 3.63) is 76.4 Å². The maximum atomic E-state index is 13.4. The third kappa shape index (κ3) is 6.02. The van der Waals surface area contributed by atoms with Crippen molar-refractivity contribution in [1.82, 2.24) is 14.7 Å². The highest BCUT2D eigenvalue weighted by atomic mass is 35.5. The Balaban J connectivity index is 1.55. The Kier molecular flexibility index (Phi) is 8.21. The lowest BCUT2D eigenvalue weighted by molar-refractivity contribution is -0.136. The van der Waals surface area contributed by atoms with Gasteiger partial charge in [0.1, 0.15) is 5.69 Å². The molecule has 2 heterocycles. The lowest BCUT2D eigenvalue weighted by atomic mass is 9.99. The van der Waals surface area contributed by atoms with Crippen LogP contribution in [0.3, 0.4) is 0 Å². The average molecular weight is 508 g/mol. The monoisotopic (exact) mass is 507 g/mol. The molecule has 1 aliphatic rings. The Morgan fingerprint density at radius 3 is 2.42 bits per heavy atom. The van der Waals surface area contributed by atoms with Crippen LogP contribution in [0, 0.1) is 0 Å². The number of halogens is 1. The van der Waals surface area contributed by atoms with Gasteiger partial charge in [0, 0.05) is 23.6 Å². The molecule has 1 N–H and O–H groups in total. The number of carbonyl (C=O) groups excluding carboxylic acids is 2. The summed E-state index contributed by atoms with van der Waals surface area (Å²) in [5.74, 6) is -1.29. The van der Waals surface area contributed by atoms with E-state index in [0.29, 0.717) is 34.1 Å². The van der Waals surface area contributed by atoms with Crippen LogP contribution in [0.2, 0.25) is 5.02 Å². The molecule has 0 fully saturated rings. The van der Waals surface area contributed by atoms with Crippen LogP contribution >= 0.6 is 11.6 Å². The molecule has 0 saturated heterocycles. The number of hydrogen-bond donors (Lipinski definition) is 1. The number of carboxylic acids is 1. The minimum absolute atomic E-state index is 0.0163. The van der Waals surface area contributed by atoms with Gasteiger partial charge in [0.15, 0.2) is 5.78 Å². The maximum absolute atomic E-state index is 13.4. The summed E-state index contributed by atoms with van der Waals surface area (Å²) >= 11 is 6.03. The lowest BCUT2D eigenvalue weighted by Gasteiger charge is -2.33. The zero-order chi connectivity index (χ0) is 25.7. The molecular formula is C28H30ClN3O4. The van der Waals surface area contributed by atoms with E-state index >= 15 is 0 Å². The van der Waals surface area contributed by atoms with Gasteiger partial charge in [-0.1, -0.05) is 74.2 Å². The number of aliphatic carboxylic acids is 1. The Labute approximate surface area is 215 Å². The van der Waals surface area contributed by atoms with Gasteiger partial charge in [-0.2, -0.15) is 5.10 Å².